The van der Waals surface area contributed by atoms with Gasteiger partial charge in [0.05, 0.1) is 18.7 Å². The summed E-state index contributed by atoms with van der Waals surface area (Å²) in [4.78, 5) is 29.3. The fourth-order valence-electron chi connectivity index (χ4n) is 3.07. The summed E-state index contributed by atoms with van der Waals surface area (Å²) in [7, 11) is 0. The number of carbonyl (C=O) groups excluding carboxylic acids is 2. The van der Waals surface area contributed by atoms with Crippen molar-refractivity contribution in [2.24, 2.45) is 10.7 Å². The molecule has 9 heteroatoms. The summed E-state index contributed by atoms with van der Waals surface area (Å²) in [5, 5.41) is 7.78. The van der Waals surface area contributed by atoms with Crippen molar-refractivity contribution in [3.8, 4) is 0 Å². The highest BCUT2D eigenvalue weighted by Gasteiger charge is 2.23. The van der Waals surface area contributed by atoms with Crippen LogP contribution in [0.25, 0.3) is 0 Å². The molecule has 2 atom stereocenters. The largest absolute Gasteiger partial charge is 0.376 e. The van der Waals surface area contributed by atoms with Crippen LogP contribution in [-0.4, -0.2) is 40.5 Å². The van der Waals surface area contributed by atoms with Gasteiger partial charge in [-0.2, -0.15) is 10.1 Å². The Hall–Kier alpha value is -2.36. The van der Waals surface area contributed by atoms with Crippen molar-refractivity contribution in [1.82, 2.24) is 15.1 Å². The molecule has 8 nitrogen and oxygen atoms in total. The SMILES string of the molecule is CC(C)(C)c1nn(C[C@H]2CCCO2)/c(=N/C(=O)NC(=O)[C@@H](N)Cc2ccccc2)s1. The van der Waals surface area contributed by atoms with Crippen molar-refractivity contribution < 1.29 is 14.3 Å². The third-order valence-electron chi connectivity index (χ3n) is 4.72. The summed E-state index contributed by atoms with van der Waals surface area (Å²) in [5.41, 5.74) is 6.70. The zero-order valence-corrected chi connectivity index (χ0v) is 18.4. The lowest BCUT2D eigenvalue weighted by atomic mass is 9.98. The Morgan fingerprint density at radius 2 is 2.10 bits per heavy atom. The van der Waals surface area contributed by atoms with Gasteiger partial charge in [-0.15, -0.1) is 0 Å². The van der Waals surface area contributed by atoms with E-state index in [0.29, 0.717) is 17.8 Å². The fraction of sp³-hybridized carbons (Fsp3) is 0.524. The van der Waals surface area contributed by atoms with Gasteiger partial charge in [-0.05, 0) is 24.8 Å². The maximum atomic E-state index is 12.4. The molecule has 3 N–H and O–H groups in total. The number of carbonyl (C=O) groups is 2. The second kappa shape index (κ2) is 9.63. The van der Waals surface area contributed by atoms with Crippen LogP contribution >= 0.6 is 11.3 Å². The van der Waals surface area contributed by atoms with Gasteiger partial charge in [-0.25, -0.2) is 9.48 Å². The minimum atomic E-state index is -0.836. The Kier molecular flexibility index (Phi) is 7.17. The fourth-order valence-corrected chi connectivity index (χ4v) is 4.04. The number of ether oxygens (including phenoxy) is 1. The summed E-state index contributed by atoms with van der Waals surface area (Å²) in [6.07, 6.45) is 2.37. The van der Waals surface area contributed by atoms with Crippen molar-refractivity contribution in [2.75, 3.05) is 6.61 Å². The first kappa shape index (κ1) is 22.3. The molecule has 1 fully saturated rings. The zero-order valence-electron chi connectivity index (χ0n) is 17.6. The van der Waals surface area contributed by atoms with Crippen molar-refractivity contribution in [3.63, 3.8) is 0 Å². The topological polar surface area (TPSA) is 112 Å². The molecule has 3 amide bonds. The number of imide groups is 1. The number of benzene rings is 1. The highest BCUT2D eigenvalue weighted by atomic mass is 32.1. The molecule has 162 valence electrons. The molecule has 0 bridgehead atoms. The molecule has 2 aromatic rings. The van der Waals surface area contributed by atoms with E-state index in [1.807, 2.05) is 30.3 Å². The van der Waals surface area contributed by atoms with Gasteiger partial charge in [0, 0.05) is 12.0 Å². The molecule has 0 unspecified atom stereocenters. The van der Waals surface area contributed by atoms with Crippen LogP contribution < -0.4 is 15.9 Å². The third kappa shape index (κ3) is 6.07. The molecule has 1 saturated heterocycles. The van der Waals surface area contributed by atoms with Crippen LogP contribution in [0.5, 0.6) is 0 Å². The third-order valence-corrected chi connectivity index (χ3v) is 6.10. The van der Waals surface area contributed by atoms with E-state index in [2.05, 4.69) is 36.2 Å². The molecule has 1 aromatic heterocycles. The molecule has 3 rings (SSSR count). The number of aromatic nitrogens is 2. The summed E-state index contributed by atoms with van der Waals surface area (Å²) in [6.45, 7) is 7.43. The number of urea groups is 1. The van der Waals surface area contributed by atoms with Crippen LogP contribution in [0.1, 0.15) is 44.2 Å². The molecule has 0 radical (unpaired) electrons. The van der Waals surface area contributed by atoms with E-state index in [1.54, 1.807) is 4.68 Å². The Morgan fingerprint density at radius 3 is 2.73 bits per heavy atom. The average Bonchev–Trinajstić information content (AvgIpc) is 3.33. The number of amides is 3. The molecule has 30 heavy (non-hydrogen) atoms. The summed E-state index contributed by atoms with van der Waals surface area (Å²) < 4.78 is 7.40. The van der Waals surface area contributed by atoms with Gasteiger partial charge in [0.1, 0.15) is 5.01 Å². The second-order valence-corrected chi connectivity index (χ2v) is 9.42. The predicted molar refractivity (Wildman–Crippen MR) is 115 cm³/mol. The molecule has 1 aliphatic heterocycles. The normalized spacial score (nSPS) is 18.4. The van der Waals surface area contributed by atoms with Gasteiger partial charge >= 0.3 is 6.03 Å². The quantitative estimate of drug-likeness (QED) is 0.753. The first-order chi connectivity index (χ1) is 14.2. The number of nitrogens with one attached hydrogen (secondary N) is 1. The minimum absolute atomic E-state index is 0.0582. The molecule has 0 saturated carbocycles. The Balaban J connectivity index is 1.72. The summed E-state index contributed by atoms with van der Waals surface area (Å²) in [5.74, 6) is -0.557. The van der Waals surface area contributed by atoms with Gasteiger partial charge in [0.15, 0.2) is 0 Å². The van der Waals surface area contributed by atoms with Gasteiger partial charge in [-0.1, -0.05) is 62.4 Å². The van der Waals surface area contributed by atoms with Gasteiger partial charge in [-0.3, -0.25) is 10.1 Å². The number of nitrogens with zero attached hydrogens (tertiary/aromatic N) is 3. The number of rotatable bonds is 5. The van der Waals surface area contributed by atoms with Crippen LogP contribution in [-0.2, 0) is 27.9 Å². The van der Waals surface area contributed by atoms with E-state index < -0.39 is 18.0 Å². The highest BCUT2D eigenvalue weighted by Crippen LogP contribution is 2.22. The van der Waals surface area contributed by atoms with Crippen LogP contribution in [0.2, 0.25) is 0 Å². The second-order valence-electron chi connectivity index (χ2n) is 8.46. The van der Waals surface area contributed by atoms with Crippen LogP contribution in [0.3, 0.4) is 0 Å². The van der Waals surface area contributed by atoms with E-state index in [-0.39, 0.29) is 11.5 Å². The first-order valence-electron chi connectivity index (χ1n) is 10.1. The van der Waals surface area contributed by atoms with E-state index >= 15 is 0 Å². The van der Waals surface area contributed by atoms with E-state index in [9.17, 15) is 9.59 Å². The molecule has 1 aromatic carbocycles. The Morgan fingerprint density at radius 1 is 1.37 bits per heavy atom. The molecule has 0 spiro atoms. The Bertz CT molecular complexity index is 940. The zero-order chi connectivity index (χ0) is 21.7. The summed E-state index contributed by atoms with van der Waals surface area (Å²) in [6, 6.07) is 7.85. The summed E-state index contributed by atoms with van der Waals surface area (Å²) >= 11 is 1.34. The maximum Gasteiger partial charge on any atom is 0.350 e. The number of nitrogens with two attached hydrogens (primary N) is 1. The van der Waals surface area contributed by atoms with E-state index in [0.717, 1.165) is 30.0 Å². The predicted octanol–water partition coefficient (Wildman–Crippen LogP) is 2.13. The smallest absolute Gasteiger partial charge is 0.350 e. The lowest BCUT2D eigenvalue weighted by Crippen LogP contribution is -2.44. The standard InChI is InChI=1S/C21H29N5O3S/c1-21(2,3)18-25-26(13-15-10-7-11-29-15)20(30-18)24-19(28)23-17(27)16(22)12-14-8-5-4-6-9-14/h4-6,8-9,15-16H,7,10-13,22H2,1-3H3,(H,23,27,28)/b24-20-/t15-,16+/m1/s1. The lowest BCUT2D eigenvalue weighted by molar-refractivity contribution is -0.121. The molecule has 0 aliphatic carbocycles. The first-order valence-corrected chi connectivity index (χ1v) is 10.9. The van der Waals surface area contributed by atoms with Gasteiger partial charge in [0.25, 0.3) is 0 Å². The van der Waals surface area contributed by atoms with E-state index in [1.165, 1.54) is 11.3 Å². The van der Waals surface area contributed by atoms with Crippen LogP contribution in [0, 0.1) is 0 Å². The lowest BCUT2D eigenvalue weighted by Gasteiger charge is -2.13. The van der Waals surface area contributed by atoms with Crippen LogP contribution in [0.4, 0.5) is 4.79 Å². The van der Waals surface area contributed by atoms with E-state index in [4.69, 9.17) is 10.5 Å². The average molecular weight is 432 g/mol. The van der Waals surface area contributed by atoms with Crippen molar-refractivity contribution in [1.29, 1.82) is 0 Å². The molecule has 2 heterocycles. The highest BCUT2D eigenvalue weighted by molar-refractivity contribution is 7.09. The van der Waals surface area contributed by atoms with Crippen molar-refractivity contribution >= 4 is 23.3 Å². The number of hydrogen-bond acceptors (Lipinski definition) is 6. The Labute approximate surface area is 180 Å². The van der Waals surface area contributed by atoms with Gasteiger partial charge in [0.2, 0.25) is 10.7 Å². The maximum absolute atomic E-state index is 12.4. The van der Waals surface area contributed by atoms with Crippen molar-refractivity contribution in [2.45, 2.75) is 64.1 Å². The monoisotopic (exact) mass is 431 g/mol. The minimum Gasteiger partial charge on any atom is -0.376 e. The number of hydrogen-bond donors (Lipinski definition) is 2. The molecular formula is C21H29N5O3S. The van der Waals surface area contributed by atoms with Gasteiger partial charge < -0.3 is 10.5 Å². The van der Waals surface area contributed by atoms with Crippen molar-refractivity contribution in [3.05, 3.63) is 45.7 Å². The molecule has 1 aliphatic rings. The molecular weight excluding hydrogens is 402 g/mol. The van der Waals surface area contributed by atoms with Crippen LogP contribution in [0.15, 0.2) is 35.3 Å².